The first-order chi connectivity index (χ1) is 8.82. The van der Waals surface area contributed by atoms with E-state index in [9.17, 15) is 23.3 Å². The Hall–Kier alpha value is -1.67. The molecule has 5 nitrogen and oxygen atoms in total. The van der Waals surface area contributed by atoms with Gasteiger partial charge in [0.15, 0.2) is 0 Å². The summed E-state index contributed by atoms with van der Waals surface area (Å²) in [5.41, 5.74) is 0.415. The molecule has 0 spiro atoms. The van der Waals surface area contributed by atoms with E-state index < -0.39 is 29.3 Å². The maximum atomic E-state index is 12.8. The van der Waals surface area contributed by atoms with Gasteiger partial charge in [-0.2, -0.15) is 18.2 Å². The first-order valence-electron chi connectivity index (χ1n) is 5.47. The van der Waals surface area contributed by atoms with Crippen LogP contribution in [-0.4, -0.2) is 35.4 Å². The summed E-state index contributed by atoms with van der Waals surface area (Å²) >= 11 is 0. The first kappa shape index (κ1) is 13.8. The number of alkyl halides is 3. The zero-order valence-corrected chi connectivity index (χ0v) is 9.87. The molecule has 2 rings (SSSR count). The van der Waals surface area contributed by atoms with Crippen molar-refractivity contribution in [3.8, 4) is 0 Å². The first-order valence-corrected chi connectivity index (χ1v) is 5.47. The summed E-state index contributed by atoms with van der Waals surface area (Å²) in [6.07, 6.45) is -7.21. The third-order valence-corrected chi connectivity index (χ3v) is 3.01. The molecule has 1 aromatic carbocycles. The van der Waals surface area contributed by atoms with Crippen molar-refractivity contribution in [1.29, 1.82) is 0 Å². The summed E-state index contributed by atoms with van der Waals surface area (Å²) in [7, 11) is 1.26. The smallest absolute Gasteiger partial charge is 0.278 e. The number of likely N-dealkylation sites (N-methyl/N-ethyl adjacent to an activating group) is 1. The molecule has 0 aliphatic carbocycles. The van der Waals surface area contributed by atoms with Gasteiger partial charge in [0, 0.05) is 12.0 Å². The topological polar surface area (TPSA) is 55.6 Å². The second-order valence-electron chi connectivity index (χ2n) is 4.25. The summed E-state index contributed by atoms with van der Waals surface area (Å²) in [4.78, 5) is 14.7. The minimum atomic E-state index is -4.78. The van der Waals surface area contributed by atoms with Crippen LogP contribution in [0.25, 0.3) is 0 Å². The average Bonchev–Trinajstić information content (AvgIpc) is 2.68. The minimum Gasteiger partial charge on any atom is -0.278 e. The van der Waals surface area contributed by atoms with Crippen molar-refractivity contribution < 1.29 is 22.9 Å². The maximum absolute atomic E-state index is 12.8. The van der Waals surface area contributed by atoms with Crippen LogP contribution in [0.1, 0.15) is 11.6 Å². The second-order valence-corrected chi connectivity index (χ2v) is 4.25. The van der Waals surface area contributed by atoms with Gasteiger partial charge in [0.1, 0.15) is 6.04 Å². The predicted octanol–water partition coefficient (Wildman–Crippen LogP) is 2.18. The van der Waals surface area contributed by atoms with Gasteiger partial charge in [-0.15, -0.1) is 0 Å². The third kappa shape index (κ3) is 2.54. The Balaban J connectivity index is 2.40. The molecule has 0 aromatic heterocycles. The molecular weight excluding hydrogens is 265 g/mol. The van der Waals surface area contributed by atoms with Gasteiger partial charge < -0.3 is 0 Å². The Kier molecular flexibility index (Phi) is 3.46. The highest BCUT2D eigenvalue weighted by atomic mass is 19.4. The summed E-state index contributed by atoms with van der Waals surface area (Å²) < 4.78 is 38.3. The van der Waals surface area contributed by atoms with E-state index in [1.54, 1.807) is 30.3 Å². The zero-order chi connectivity index (χ0) is 14.2. The Morgan fingerprint density at radius 1 is 1.32 bits per heavy atom. The molecule has 1 aromatic rings. The lowest BCUT2D eigenvalue weighted by atomic mass is 9.96. The molecule has 0 bridgehead atoms. The van der Waals surface area contributed by atoms with Crippen molar-refractivity contribution in [2.45, 2.75) is 24.4 Å². The van der Waals surface area contributed by atoms with E-state index in [1.165, 1.54) is 7.05 Å². The zero-order valence-electron chi connectivity index (χ0n) is 9.87. The molecule has 8 heteroatoms. The summed E-state index contributed by atoms with van der Waals surface area (Å²) in [6.45, 7) is 0. The quantitative estimate of drug-likeness (QED) is 0.613. The fourth-order valence-corrected chi connectivity index (χ4v) is 2.22. The fraction of sp³-hybridized carbons (Fsp3) is 0.455. The molecule has 104 valence electrons. The van der Waals surface area contributed by atoms with Crippen LogP contribution in [0, 0.1) is 10.1 Å². The Labute approximate surface area is 106 Å². The third-order valence-electron chi connectivity index (χ3n) is 3.01. The molecule has 1 fully saturated rings. The van der Waals surface area contributed by atoms with Gasteiger partial charge in [-0.25, -0.2) is 0 Å². The number of nitro groups is 1. The monoisotopic (exact) mass is 276 g/mol. The molecule has 0 N–H and O–H groups in total. The normalized spacial score (nSPS) is 28.5. The van der Waals surface area contributed by atoms with E-state index in [2.05, 4.69) is 4.84 Å². The lowest BCUT2D eigenvalue weighted by Crippen LogP contribution is -2.43. The highest BCUT2D eigenvalue weighted by Gasteiger charge is 2.62. The molecule has 0 amide bonds. The standard InChI is InChI=1S/C11H11F3N2O3/c1-15-8(7-5-3-2-4-6-7)9(16(17)18)10(19-15)11(12,13)14/h2-6,8-10H,1H3/t8-,9+,10+/m1/s1. The molecule has 19 heavy (non-hydrogen) atoms. The van der Waals surface area contributed by atoms with Crippen molar-refractivity contribution in [3.63, 3.8) is 0 Å². The van der Waals surface area contributed by atoms with Gasteiger partial charge in [0.2, 0.25) is 6.10 Å². The van der Waals surface area contributed by atoms with Crippen LogP contribution in [0.4, 0.5) is 13.2 Å². The van der Waals surface area contributed by atoms with Gasteiger partial charge >= 0.3 is 6.18 Å². The number of nitrogens with zero attached hydrogens (tertiary/aromatic N) is 2. The van der Waals surface area contributed by atoms with E-state index in [1.807, 2.05) is 0 Å². The van der Waals surface area contributed by atoms with Crippen LogP contribution in [0.2, 0.25) is 0 Å². The highest BCUT2D eigenvalue weighted by molar-refractivity contribution is 5.21. The molecule has 1 heterocycles. The molecular formula is C11H11F3N2O3. The number of hydrogen-bond acceptors (Lipinski definition) is 4. The summed E-state index contributed by atoms with van der Waals surface area (Å²) in [5, 5.41) is 11.9. The number of rotatable bonds is 2. The Bertz CT molecular complexity index is 466. The van der Waals surface area contributed by atoms with Crippen LogP contribution in [-0.2, 0) is 4.84 Å². The van der Waals surface area contributed by atoms with Crippen molar-refractivity contribution in [2.75, 3.05) is 7.05 Å². The van der Waals surface area contributed by atoms with E-state index in [0.717, 1.165) is 5.06 Å². The van der Waals surface area contributed by atoms with E-state index >= 15 is 0 Å². The van der Waals surface area contributed by atoms with Crippen LogP contribution in [0.3, 0.4) is 0 Å². The number of benzene rings is 1. The molecule has 0 radical (unpaired) electrons. The SMILES string of the molecule is CN1O[C@H](C(F)(F)F)[C@@H]([N+](=O)[O-])[C@H]1c1ccccc1. The van der Waals surface area contributed by atoms with Gasteiger partial charge in [-0.3, -0.25) is 15.0 Å². The molecule has 1 aliphatic rings. The van der Waals surface area contributed by atoms with Crippen LogP contribution in [0.15, 0.2) is 30.3 Å². The van der Waals surface area contributed by atoms with Crippen molar-refractivity contribution in [3.05, 3.63) is 46.0 Å². The minimum absolute atomic E-state index is 0.415. The van der Waals surface area contributed by atoms with E-state index in [-0.39, 0.29) is 0 Å². The molecule has 0 unspecified atom stereocenters. The van der Waals surface area contributed by atoms with Crippen LogP contribution < -0.4 is 0 Å². The maximum Gasteiger partial charge on any atom is 0.423 e. The van der Waals surface area contributed by atoms with Gasteiger partial charge in [0.25, 0.3) is 6.04 Å². The Morgan fingerprint density at radius 2 is 1.89 bits per heavy atom. The Morgan fingerprint density at radius 3 is 2.37 bits per heavy atom. The lowest BCUT2D eigenvalue weighted by molar-refractivity contribution is -0.538. The fourth-order valence-electron chi connectivity index (χ4n) is 2.22. The largest absolute Gasteiger partial charge is 0.423 e. The summed E-state index contributed by atoms with van der Waals surface area (Å²) in [5.74, 6) is 0. The van der Waals surface area contributed by atoms with Crippen LogP contribution >= 0.6 is 0 Å². The van der Waals surface area contributed by atoms with Gasteiger partial charge in [0.05, 0.1) is 0 Å². The number of hydroxylamine groups is 2. The predicted molar refractivity (Wildman–Crippen MR) is 58.7 cm³/mol. The van der Waals surface area contributed by atoms with E-state index in [0.29, 0.717) is 5.56 Å². The number of hydrogen-bond donors (Lipinski definition) is 0. The van der Waals surface area contributed by atoms with Crippen molar-refractivity contribution in [2.24, 2.45) is 0 Å². The van der Waals surface area contributed by atoms with Crippen molar-refractivity contribution >= 4 is 0 Å². The highest BCUT2D eigenvalue weighted by Crippen LogP contribution is 2.41. The molecule has 1 saturated heterocycles. The lowest BCUT2D eigenvalue weighted by Gasteiger charge is -2.18. The summed E-state index contributed by atoms with van der Waals surface area (Å²) in [6, 6.07) is 5.04. The van der Waals surface area contributed by atoms with Gasteiger partial charge in [-0.05, 0) is 5.56 Å². The molecule has 3 atom stereocenters. The second kappa shape index (κ2) is 4.78. The van der Waals surface area contributed by atoms with Crippen molar-refractivity contribution in [1.82, 2.24) is 5.06 Å². The van der Waals surface area contributed by atoms with Gasteiger partial charge in [-0.1, -0.05) is 30.3 Å². The average molecular weight is 276 g/mol. The van der Waals surface area contributed by atoms with Crippen LogP contribution in [0.5, 0.6) is 0 Å². The number of halogens is 3. The molecule has 0 saturated carbocycles. The molecule has 1 aliphatic heterocycles. The van der Waals surface area contributed by atoms with E-state index in [4.69, 9.17) is 0 Å².